The Kier molecular flexibility index (Phi) is 5.21. The number of aromatic nitrogens is 1. The highest BCUT2D eigenvalue weighted by Gasteiger charge is 2.33. The van der Waals surface area contributed by atoms with Crippen molar-refractivity contribution < 1.29 is 14.3 Å². The number of carbonyl (C=O) groups excluding carboxylic acids is 1. The van der Waals surface area contributed by atoms with Crippen LogP contribution >= 0.6 is 0 Å². The summed E-state index contributed by atoms with van der Waals surface area (Å²) in [7, 11) is 3.17. The van der Waals surface area contributed by atoms with E-state index in [2.05, 4.69) is 30.1 Å². The monoisotopic (exact) mass is 388 g/mol. The van der Waals surface area contributed by atoms with Gasteiger partial charge >= 0.3 is 0 Å². The minimum atomic E-state index is -0.183. The molecule has 1 amide bonds. The van der Waals surface area contributed by atoms with Gasteiger partial charge in [-0.15, -0.1) is 0 Å². The predicted octanol–water partition coefficient (Wildman–Crippen LogP) is 4.20. The standard InChI is InChI=1S/C24H24N2O3/c1-16-6-7-22-17(11-16)8-10-26(23(22)18-5-4-9-25-15-18)24(27)19-12-20(28-2)14-21(13-19)29-3/h4-7,9,11-15,23H,8,10H2,1-3H3. The third kappa shape index (κ3) is 3.68. The van der Waals surface area contributed by atoms with E-state index in [0.717, 1.165) is 17.5 Å². The van der Waals surface area contributed by atoms with Gasteiger partial charge in [0.25, 0.3) is 5.91 Å². The molecule has 2 aromatic carbocycles. The Bertz CT molecular complexity index is 1010. The number of hydrogen-bond acceptors (Lipinski definition) is 4. The van der Waals surface area contributed by atoms with Crippen molar-refractivity contribution in [3.63, 3.8) is 0 Å². The highest BCUT2D eigenvalue weighted by molar-refractivity contribution is 5.96. The quantitative estimate of drug-likeness (QED) is 0.672. The Morgan fingerprint density at radius 2 is 1.83 bits per heavy atom. The summed E-state index contributed by atoms with van der Waals surface area (Å²) in [6.07, 6.45) is 4.41. The number of pyridine rings is 1. The molecule has 0 aliphatic carbocycles. The van der Waals surface area contributed by atoms with Gasteiger partial charge in [0.1, 0.15) is 11.5 Å². The van der Waals surface area contributed by atoms with Crippen molar-refractivity contribution in [2.24, 2.45) is 0 Å². The number of benzene rings is 2. The second-order valence-corrected chi connectivity index (χ2v) is 7.24. The van der Waals surface area contributed by atoms with Crippen LogP contribution in [0, 0.1) is 6.92 Å². The summed E-state index contributed by atoms with van der Waals surface area (Å²) in [4.78, 5) is 19.8. The van der Waals surface area contributed by atoms with Crippen molar-refractivity contribution >= 4 is 5.91 Å². The molecule has 1 aliphatic heterocycles. The molecule has 29 heavy (non-hydrogen) atoms. The second kappa shape index (κ2) is 7.95. The van der Waals surface area contributed by atoms with E-state index in [0.29, 0.717) is 23.6 Å². The van der Waals surface area contributed by atoms with E-state index in [9.17, 15) is 4.79 Å². The van der Waals surface area contributed by atoms with Gasteiger partial charge in [0, 0.05) is 30.6 Å². The molecule has 148 valence electrons. The van der Waals surface area contributed by atoms with Crippen LogP contribution in [0.25, 0.3) is 0 Å². The van der Waals surface area contributed by atoms with Gasteiger partial charge in [0.05, 0.1) is 20.3 Å². The van der Waals surface area contributed by atoms with Crippen LogP contribution in [0.3, 0.4) is 0 Å². The van der Waals surface area contributed by atoms with Crippen LogP contribution in [0.2, 0.25) is 0 Å². The average molecular weight is 388 g/mol. The fourth-order valence-electron chi connectivity index (χ4n) is 3.97. The summed E-state index contributed by atoms with van der Waals surface area (Å²) in [5.41, 5.74) is 5.21. The molecule has 1 aliphatic rings. The molecule has 0 saturated carbocycles. The maximum Gasteiger partial charge on any atom is 0.254 e. The van der Waals surface area contributed by atoms with Gasteiger partial charge in [-0.3, -0.25) is 9.78 Å². The SMILES string of the molecule is COc1cc(OC)cc(C(=O)N2CCc3cc(C)ccc3C2c2cccnc2)c1. The highest BCUT2D eigenvalue weighted by Crippen LogP contribution is 2.37. The molecule has 3 aromatic rings. The summed E-state index contributed by atoms with van der Waals surface area (Å²) < 4.78 is 10.7. The highest BCUT2D eigenvalue weighted by atomic mass is 16.5. The molecule has 1 atom stereocenters. The molecule has 0 radical (unpaired) electrons. The van der Waals surface area contributed by atoms with Crippen molar-refractivity contribution in [2.45, 2.75) is 19.4 Å². The maximum atomic E-state index is 13.6. The van der Waals surface area contributed by atoms with E-state index in [4.69, 9.17) is 9.47 Å². The average Bonchev–Trinajstić information content (AvgIpc) is 2.77. The van der Waals surface area contributed by atoms with E-state index in [-0.39, 0.29) is 11.9 Å². The number of fused-ring (bicyclic) bond motifs is 1. The van der Waals surface area contributed by atoms with Gasteiger partial charge in [-0.25, -0.2) is 0 Å². The van der Waals surface area contributed by atoms with Crippen molar-refractivity contribution in [3.05, 3.63) is 88.7 Å². The summed E-state index contributed by atoms with van der Waals surface area (Å²) in [6, 6.07) is 15.5. The van der Waals surface area contributed by atoms with Crippen LogP contribution in [-0.4, -0.2) is 36.6 Å². The number of hydrogen-bond donors (Lipinski definition) is 0. The first-order valence-corrected chi connectivity index (χ1v) is 9.64. The zero-order chi connectivity index (χ0) is 20.4. The Labute approximate surface area is 170 Å². The van der Waals surface area contributed by atoms with Gasteiger partial charge in [-0.2, -0.15) is 0 Å². The van der Waals surface area contributed by atoms with Crippen LogP contribution in [0.15, 0.2) is 60.9 Å². The summed E-state index contributed by atoms with van der Waals surface area (Å²) >= 11 is 0. The number of carbonyl (C=O) groups is 1. The normalized spacial score (nSPS) is 15.6. The maximum absolute atomic E-state index is 13.6. The molecule has 5 nitrogen and oxygen atoms in total. The van der Waals surface area contributed by atoms with E-state index < -0.39 is 0 Å². The van der Waals surface area contributed by atoms with Crippen LogP contribution in [0.4, 0.5) is 0 Å². The fraction of sp³-hybridized carbons (Fsp3) is 0.250. The molecular formula is C24H24N2O3. The smallest absolute Gasteiger partial charge is 0.254 e. The number of amides is 1. The molecule has 0 fully saturated rings. The van der Waals surface area contributed by atoms with Gasteiger partial charge in [-0.1, -0.05) is 29.8 Å². The lowest BCUT2D eigenvalue weighted by molar-refractivity contribution is 0.0693. The van der Waals surface area contributed by atoms with E-state index in [1.807, 2.05) is 23.2 Å². The largest absolute Gasteiger partial charge is 0.497 e. The molecule has 1 unspecified atom stereocenters. The first-order valence-electron chi connectivity index (χ1n) is 9.64. The van der Waals surface area contributed by atoms with Gasteiger partial charge < -0.3 is 14.4 Å². The third-order valence-electron chi connectivity index (χ3n) is 5.39. The molecule has 2 heterocycles. The molecule has 0 bridgehead atoms. The molecule has 4 rings (SSSR count). The van der Waals surface area contributed by atoms with Crippen LogP contribution in [0.5, 0.6) is 11.5 Å². The number of ether oxygens (including phenoxy) is 2. The minimum Gasteiger partial charge on any atom is -0.497 e. The van der Waals surface area contributed by atoms with Gasteiger partial charge in [0.15, 0.2) is 0 Å². The molecular weight excluding hydrogens is 364 g/mol. The third-order valence-corrected chi connectivity index (χ3v) is 5.39. The Morgan fingerprint density at radius 1 is 1.07 bits per heavy atom. The van der Waals surface area contributed by atoms with Crippen LogP contribution in [-0.2, 0) is 6.42 Å². The molecule has 5 heteroatoms. The fourth-order valence-corrected chi connectivity index (χ4v) is 3.97. The van der Waals surface area contributed by atoms with Crippen molar-refractivity contribution in [1.82, 2.24) is 9.88 Å². The molecule has 0 saturated heterocycles. The van der Waals surface area contributed by atoms with Gasteiger partial charge in [0.2, 0.25) is 0 Å². The number of aryl methyl sites for hydroxylation is 1. The molecule has 0 spiro atoms. The second-order valence-electron chi connectivity index (χ2n) is 7.24. The lowest BCUT2D eigenvalue weighted by atomic mass is 9.87. The predicted molar refractivity (Wildman–Crippen MR) is 112 cm³/mol. The first-order chi connectivity index (χ1) is 14.1. The first kappa shape index (κ1) is 19.0. The lowest BCUT2D eigenvalue weighted by Crippen LogP contribution is -2.40. The zero-order valence-electron chi connectivity index (χ0n) is 16.9. The Balaban J connectivity index is 1.80. The number of rotatable bonds is 4. The topological polar surface area (TPSA) is 51.7 Å². The molecule has 0 N–H and O–H groups in total. The minimum absolute atomic E-state index is 0.0534. The van der Waals surface area contributed by atoms with Crippen LogP contribution < -0.4 is 9.47 Å². The molecule has 1 aromatic heterocycles. The van der Waals surface area contributed by atoms with Crippen molar-refractivity contribution in [2.75, 3.05) is 20.8 Å². The number of methoxy groups -OCH3 is 2. The number of nitrogens with zero attached hydrogens (tertiary/aromatic N) is 2. The summed E-state index contributed by atoms with van der Waals surface area (Å²) in [5.74, 6) is 1.14. The van der Waals surface area contributed by atoms with Crippen molar-refractivity contribution in [1.29, 1.82) is 0 Å². The Hall–Kier alpha value is -3.34. The lowest BCUT2D eigenvalue weighted by Gasteiger charge is -2.38. The van der Waals surface area contributed by atoms with E-state index >= 15 is 0 Å². The summed E-state index contributed by atoms with van der Waals surface area (Å²) in [5, 5.41) is 0. The van der Waals surface area contributed by atoms with Crippen molar-refractivity contribution in [3.8, 4) is 11.5 Å². The van der Waals surface area contributed by atoms with E-state index in [1.54, 1.807) is 38.6 Å². The summed E-state index contributed by atoms with van der Waals surface area (Å²) in [6.45, 7) is 2.73. The van der Waals surface area contributed by atoms with E-state index in [1.165, 1.54) is 11.1 Å². The van der Waals surface area contributed by atoms with Gasteiger partial charge in [-0.05, 0) is 48.2 Å². The van der Waals surface area contributed by atoms with Crippen LogP contribution in [0.1, 0.15) is 38.7 Å². The zero-order valence-corrected chi connectivity index (χ0v) is 16.9. The Morgan fingerprint density at radius 3 is 2.48 bits per heavy atom.